The van der Waals surface area contributed by atoms with E-state index in [1.807, 2.05) is 13.0 Å². The van der Waals surface area contributed by atoms with E-state index < -0.39 is 0 Å². The van der Waals surface area contributed by atoms with Crippen LogP contribution in [0.15, 0.2) is 10.9 Å². The summed E-state index contributed by atoms with van der Waals surface area (Å²) in [4.78, 5) is 34.2. The Morgan fingerprint density at radius 1 is 1.44 bits per heavy atom. The molecule has 0 aromatic carbocycles. The van der Waals surface area contributed by atoms with Crippen LogP contribution in [-0.4, -0.2) is 31.4 Å². The SMILES string of the molecule is Cc1cc(NC(=O)CCSCc2nc3sc4c(c3c(=O)[nH]2)CCC4)n(C)n1. The van der Waals surface area contributed by atoms with E-state index in [0.717, 1.165) is 35.2 Å². The van der Waals surface area contributed by atoms with Gasteiger partial charge >= 0.3 is 0 Å². The van der Waals surface area contributed by atoms with Crippen molar-refractivity contribution in [2.24, 2.45) is 7.05 Å². The van der Waals surface area contributed by atoms with E-state index in [1.54, 1.807) is 34.8 Å². The molecular formula is C18H21N5O2S2. The van der Waals surface area contributed by atoms with E-state index in [9.17, 15) is 9.59 Å². The number of nitrogens with zero attached hydrogens (tertiary/aromatic N) is 3. The Labute approximate surface area is 164 Å². The number of carbonyl (C=O) groups excluding carboxylic acids is 1. The van der Waals surface area contributed by atoms with Crippen LogP contribution in [0.1, 0.15) is 34.8 Å². The predicted molar refractivity (Wildman–Crippen MR) is 110 cm³/mol. The number of hydrogen-bond donors (Lipinski definition) is 2. The summed E-state index contributed by atoms with van der Waals surface area (Å²) in [6, 6.07) is 1.84. The van der Waals surface area contributed by atoms with Crippen LogP contribution in [-0.2, 0) is 30.4 Å². The van der Waals surface area contributed by atoms with Crippen LogP contribution in [0.4, 0.5) is 5.82 Å². The molecule has 0 saturated heterocycles. The van der Waals surface area contributed by atoms with Crippen LogP contribution in [0.3, 0.4) is 0 Å². The van der Waals surface area contributed by atoms with Gasteiger partial charge in [-0.15, -0.1) is 11.3 Å². The second-order valence-corrected chi connectivity index (χ2v) is 8.88. The third kappa shape index (κ3) is 3.79. The van der Waals surface area contributed by atoms with Crippen molar-refractivity contribution >= 4 is 45.0 Å². The normalized spacial score (nSPS) is 13.3. The van der Waals surface area contributed by atoms with Crippen molar-refractivity contribution < 1.29 is 4.79 Å². The van der Waals surface area contributed by atoms with E-state index in [4.69, 9.17) is 0 Å². The average Bonchev–Trinajstić information content (AvgIpc) is 3.26. The Kier molecular flexibility index (Phi) is 5.05. The molecule has 0 atom stereocenters. The summed E-state index contributed by atoms with van der Waals surface area (Å²) in [5.41, 5.74) is 2.04. The third-order valence-corrected chi connectivity index (χ3v) is 6.76. The van der Waals surface area contributed by atoms with Crippen LogP contribution in [0, 0.1) is 6.92 Å². The molecule has 0 saturated carbocycles. The van der Waals surface area contributed by atoms with Gasteiger partial charge in [-0.05, 0) is 31.7 Å². The van der Waals surface area contributed by atoms with Crippen molar-refractivity contribution in [3.63, 3.8) is 0 Å². The Bertz CT molecular complexity index is 1070. The van der Waals surface area contributed by atoms with Crippen LogP contribution in [0.5, 0.6) is 0 Å². The van der Waals surface area contributed by atoms with Gasteiger partial charge in [0, 0.05) is 30.2 Å². The fraction of sp³-hybridized carbons (Fsp3) is 0.444. The maximum Gasteiger partial charge on any atom is 0.259 e. The Morgan fingerprint density at radius 2 is 2.30 bits per heavy atom. The third-order valence-electron chi connectivity index (χ3n) is 4.61. The molecule has 0 unspecified atom stereocenters. The number of thioether (sulfide) groups is 1. The molecule has 1 amide bonds. The molecule has 0 fully saturated rings. The molecule has 3 aromatic rings. The highest BCUT2D eigenvalue weighted by Crippen LogP contribution is 2.34. The summed E-state index contributed by atoms with van der Waals surface area (Å²) in [7, 11) is 1.80. The highest BCUT2D eigenvalue weighted by atomic mass is 32.2. The van der Waals surface area contributed by atoms with Crippen LogP contribution >= 0.6 is 23.1 Å². The van der Waals surface area contributed by atoms with Gasteiger partial charge in [-0.1, -0.05) is 0 Å². The highest BCUT2D eigenvalue weighted by molar-refractivity contribution is 7.98. The first-order valence-corrected chi connectivity index (χ1v) is 10.9. The summed E-state index contributed by atoms with van der Waals surface area (Å²) < 4.78 is 1.66. The second-order valence-electron chi connectivity index (χ2n) is 6.70. The molecule has 7 nitrogen and oxygen atoms in total. The van der Waals surface area contributed by atoms with Crippen molar-refractivity contribution in [1.29, 1.82) is 0 Å². The zero-order valence-electron chi connectivity index (χ0n) is 15.3. The van der Waals surface area contributed by atoms with Crippen LogP contribution < -0.4 is 10.9 Å². The highest BCUT2D eigenvalue weighted by Gasteiger charge is 2.21. The van der Waals surface area contributed by atoms with Crippen molar-refractivity contribution in [1.82, 2.24) is 19.7 Å². The summed E-state index contributed by atoms with van der Waals surface area (Å²) in [6.07, 6.45) is 3.58. The lowest BCUT2D eigenvalue weighted by Gasteiger charge is -2.05. The van der Waals surface area contributed by atoms with Gasteiger partial charge in [-0.25, -0.2) is 4.98 Å². The molecule has 0 aliphatic heterocycles. The largest absolute Gasteiger partial charge is 0.311 e. The predicted octanol–water partition coefficient (Wildman–Crippen LogP) is 2.78. The quantitative estimate of drug-likeness (QED) is 0.618. The van der Waals surface area contributed by atoms with E-state index in [-0.39, 0.29) is 11.5 Å². The van der Waals surface area contributed by atoms with E-state index in [0.29, 0.717) is 29.6 Å². The van der Waals surface area contributed by atoms with Gasteiger partial charge in [0.05, 0.1) is 16.8 Å². The van der Waals surface area contributed by atoms with Gasteiger partial charge < -0.3 is 10.3 Å². The molecule has 3 heterocycles. The van der Waals surface area contributed by atoms with Crippen LogP contribution in [0.25, 0.3) is 10.2 Å². The van der Waals surface area contributed by atoms with Crippen molar-refractivity contribution in [3.05, 3.63) is 38.4 Å². The number of aromatic amines is 1. The summed E-state index contributed by atoms with van der Waals surface area (Å²) in [5.74, 6) is 2.58. The minimum absolute atomic E-state index is 0.0284. The van der Waals surface area contributed by atoms with Crippen molar-refractivity contribution in [2.75, 3.05) is 11.1 Å². The van der Waals surface area contributed by atoms with Gasteiger partial charge in [0.25, 0.3) is 5.56 Å². The van der Waals surface area contributed by atoms with E-state index in [2.05, 4.69) is 20.4 Å². The van der Waals surface area contributed by atoms with E-state index in [1.165, 1.54) is 10.4 Å². The molecular weight excluding hydrogens is 382 g/mol. The molecule has 9 heteroatoms. The zero-order chi connectivity index (χ0) is 19.0. The molecule has 0 spiro atoms. The number of anilines is 1. The number of thiophene rings is 1. The first-order valence-electron chi connectivity index (χ1n) is 8.93. The van der Waals surface area contributed by atoms with Gasteiger partial charge in [0.15, 0.2) is 0 Å². The maximum atomic E-state index is 12.4. The fourth-order valence-electron chi connectivity index (χ4n) is 3.38. The lowest BCUT2D eigenvalue weighted by atomic mass is 10.2. The molecule has 1 aliphatic carbocycles. The van der Waals surface area contributed by atoms with Crippen molar-refractivity contribution in [3.8, 4) is 0 Å². The number of nitrogens with one attached hydrogen (secondary N) is 2. The van der Waals surface area contributed by atoms with E-state index >= 15 is 0 Å². The molecule has 27 heavy (non-hydrogen) atoms. The number of carbonyl (C=O) groups is 1. The van der Waals surface area contributed by atoms with Gasteiger partial charge in [0.2, 0.25) is 5.91 Å². The standard InChI is InChI=1S/C18H21N5O2S2/c1-10-8-14(23(2)22-10)21-15(24)6-7-26-9-13-19-17(25)16-11-4-3-5-12(11)27-18(16)20-13/h8H,3-7,9H2,1-2H3,(H,21,24)(H,19,20,25). The van der Waals surface area contributed by atoms with Crippen LogP contribution in [0.2, 0.25) is 0 Å². The molecule has 0 radical (unpaired) electrons. The number of amides is 1. The van der Waals surface area contributed by atoms with Gasteiger partial charge in [-0.3, -0.25) is 14.3 Å². The van der Waals surface area contributed by atoms with Crippen molar-refractivity contribution in [2.45, 2.75) is 38.4 Å². The molecule has 3 aromatic heterocycles. The summed E-state index contributed by atoms with van der Waals surface area (Å²) in [6.45, 7) is 1.89. The average molecular weight is 404 g/mol. The Hall–Kier alpha value is -2.13. The fourth-order valence-corrected chi connectivity index (χ4v) is 5.47. The minimum atomic E-state index is -0.0444. The first kappa shape index (κ1) is 18.2. The topological polar surface area (TPSA) is 92.7 Å². The number of aryl methyl sites for hydroxylation is 4. The molecule has 2 N–H and O–H groups in total. The minimum Gasteiger partial charge on any atom is -0.311 e. The van der Waals surface area contributed by atoms with Gasteiger partial charge in [-0.2, -0.15) is 16.9 Å². The number of aromatic nitrogens is 4. The molecule has 1 aliphatic rings. The molecule has 0 bridgehead atoms. The second kappa shape index (κ2) is 7.47. The summed E-state index contributed by atoms with van der Waals surface area (Å²) in [5, 5.41) is 7.85. The lowest BCUT2D eigenvalue weighted by Crippen LogP contribution is -2.15. The molecule has 4 rings (SSSR count). The summed E-state index contributed by atoms with van der Waals surface area (Å²) >= 11 is 3.24. The monoisotopic (exact) mass is 403 g/mol. The van der Waals surface area contributed by atoms with Gasteiger partial charge in [0.1, 0.15) is 16.5 Å². The number of rotatable bonds is 6. The zero-order valence-corrected chi connectivity index (χ0v) is 16.9. The maximum absolute atomic E-state index is 12.4. The first-order chi connectivity index (χ1) is 13.0. The Balaban J connectivity index is 1.32. The smallest absolute Gasteiger partial charge is 0.259 e. The number of hydrogen-bond acceptors (Lipinski definition) is 6. The molecule has 142 valence electrons. The lowest BCUT2D eigenvalue weighted by molar-refractivity contribution is -0.115. The Morgan fingerprint density at radius 3 is 3.07 bits per heavy atom. The number of fused-ring (bicyclic) bond motifs is 3. The number of H-pyrrole nitrogens is 1.